The summed E-state index contributed by atoms with van der Waals surface area (Å²) >= 11 is 0. The number of benzene rings is 1. The molecule has 0 saturated carbocycles. The van der Waals surface area contributed by atoms with E-state index < -0.39 is 17.9 Å². The zero-order valence-corrected chi connectivity index (χ0v) is 20.1. The maximum absolute atomic E-state index is 13.7. The molecule has 3 amide bonds. The summed E-state index contributed by atoms with van der Waals surface area (Å²) in [5.41, 5.74) is 2.70. The van der Waals surface area contributed by atoms with Crippen molar-refractivity contribution in [1.82, 2.24) is 10.2 Å². The van der Waals surface area contributed by atoms with Gasteiger partial charge in [0, 0.05) is 31.8 Å². The molecular weight excluding hydrogens is 418 g/mol. The summed E-state index contributed by atoms with van der Waals surface area (Å²) in [5, 5.41) is 14.9. The third kappa shape index (κ3) is 4.98. The van der Waals surface area contributed by atoms with Gasteiger partial charge in [-0.1, -0.05) is 37.3 Å². The molecule has 1 aromatic carbocycles. The number of allylic oxidation sites excluding steroid dienone is 1. The van der Waals surface area contributed by atoms with Gasteiger partial charge in [-0.25, -0.2) is 0 Å². The van der Waals surface area contributed by atoms with E-state index in [9.17, 15) is 14.4 Å². The largest absolute Gasteiger partial charge is 0.396 e. The van der Waals surface area contributed by atoms with Gasteiger partial charge in [-0.05, 0) is 56.6 Å². The van der Waals surface area contributed by atoms with Crippen LogP contribution in [-0.4, -0.2) is 54.0 Å². The van der Waals surface area contributed by atoms with E-state index >= 15 is 0 Å². The molecule has 0 radical (unpaired) electrons. The fourth-order valence-electron chi connectivity index (χ4n) is 5.43. The van der Waals surface area contributed by atoms with Gasteiger partial charge in [0.2, 0.25) is 17.7 Å². The Bertz CT molecular complexity index is 893. The molecule has 180 valence electrons. The highest BCUT2D eigenvalue weighted by atomic mass is 16.3. The summed E-state index contributed by atoms with van der Waals surface area (Å²) in [5.74, 6) is -1.92. The fraction of sp³-hybridized carbons (Fsp3) is 0.577. The first-order valence-electron chi connectivity index (χ1n) is 12.0. The van der Waals surface area contributed by atoms with Gasteiger partial charge < -0.3 is 20.6 Å². The number of likely N-dealkylation sites (tertiary alicyclic amines) is 1. The van der Waals surface area contributed by atoms with E-state index in [2.05, 4.69) is 10.6 Å². The summed E-state index contributed by atoms with van der Waals surface area (Å²) in [6, 6.07) is 5.18. The van der Waals surface area contributed by atoms with Gasteiger partial charge in [0.15, 0.2) is 0 Å². The number of fused-ring (bicyclic) bond motifs is 1. The molecule has 7 heteroatoms. The number of nitrogens with one attached hydrogen (secondary N) is 2. The molecule has 3 rings (SSSR count). The minimum Gasteiger partial charge on any atom is -0.396 e. The van der Waals surface area contributed by atoms with Crippen LogP contribution in [0.1, 0.15) is 43.7 Å². The molecule has 1 heterocycles. The van der Waals surface area contributed by atoms with E-state index in [-0.39, 0.29) is 36.2 Å². The van der Waals surface area contributed by atoms with E-state index in [1.54, 1.807) is 11.9 Å². The van der Waals surface area contributed by atoms with Gasteiger partial charge in [-0.3, -0.25) is 14.4 Å². The Morgan fingerprint density at radius 3 is 2.36 bits per heavy atom. The summed E-state index contributed by atoms with van der Waals surface area (Å²) in [6.07, 6.45) is 6.88. The van der Waals surface area contributed by atoms with Gasteiger partial charge in [0.1, 0.15) is 6.04 Å². The van der Waals surface area contributed by atoms with Crippen LogP contribution in [-0.2, 0) is 14.4 Å². The van der Waals surface area contributed by atoms with Crippen molar-refractivity contribution < 1.29 is 19.5 Å². The first-order chi connectivity index (χ1) is 15.8. The normalized spacial score (nSPS) is 26.3. The first-order valence-corrected chi connectivity index (χ1v) is 12.0. The van der Waals surface area contributed by atoms with E-state index in [0.29, 0.717) is 19.4 Å². The second kappa shape index (κ2) is 11.0. The average Bonchev–Trinajstić information content (AvgIpc) is 3.09. The van der Waals surface area contributed by atoms with Crippen LogP contribution in [0.15, 0.2) is 30.4 Å². The van der Waals surface area contributed by atoms with Crippen LogP contribution in [0, 0.1) is 37.5 Å². The van der Waals surface area contributed by atoms with Crippen molar-refractivity contribution in [3.05, 3.63) is 41.5 Å². The molecule has 0 aromatic heterocycles. The molecule has 7 nitrogen and oxygen atoms in total. The number of aryl methyl sites for hydroxylation is 2. The fourth-order valence-corrected chi connectivity index (χ4v) is 5.43. The van der Waals surface area contributed by atoms with Crippen LogP contribution in [0.5, 0.6) is 0 Å². The second-order valence-electron chi connectivity index (χ2n) is 9.22. The van der Waals surface area contributed by atoms with Crippen LogP contribution < -0.4 is 10.6 Å². The number of para-hydroxylation sites is 1. The van der Waals surface area contributed by atoms with Crippen molar-refractivity contribution in [2.45, 2.75) is 52.5 Å². The lowest BCUT2D eigenvalue weighted by molar-refractivity contribution is -0.140. The molecule has 1 fully saturated rings. The molecular formula is C26H37N3O4. The van der Waals surface area contributed by atoms with Crippen molar-refractivity contribution in [3.8, 4) is 0 Å². The highest BCUT2D eigenvalue weighted by molar-refractivity contribution is 6.02. The number of aliphatic hydroxyl groups is 1. The summed E-state index contributed by atoms with van der Waals surface area (Å²) in [4.78, 5) is 41.8. The van der Waals surface area contributed by atoms with E-state index in [1.807, 2.05) is 51.1 Å². The number of rotatable bonds is 9. The quantitative estimate of drug-likeness (QED) is 0.394. The number of aliphatic hydroxyl groups excluding tert-OH is 1. The van der Waals surface area contributed by atoms with Crippen molar-refractivity contribution in [2.24, 2.45) is 23.7 Å². The van der Waals surface area contributed by atoms with E-state index in [4.69, 9.17) is 5.11 Å². The molecule has 0 bridgehead atoms. The number of carbonyl (C=O) groups is 3. The molecule has 2 aliphatic rings. The standard InChI is InChI=1S/C26H37N3O4/c1-5-18-12-13-19-21(20(18)24(31)27-4)26(33)29(14-7-6-8-15-30)23(19)25(32)28-22-16(2)10-9-11-17(22)3/h9-13,18-21,23,30H,5-8,14-15H2,1-4H3,(H,27,31)(H,28,32)/t18-,19+,20-,21+,23+/m1/s1. The van der Waals surface area contributed by atoms with E-state index in [1.165, 1.54) is 0 Å². The molecule has 33 heavy (non-hydrogen) atoms. The zero-order chi connectivity index (χ0) is 24.1. The number of amides is 3. The van der Waals surface area contributed by atoms with Crippen molar-refractivity contribution >= 4 is 23.4 Å². The lowest BCUT2D eigenvalue weighted by atomic mass is 9.69. The van der Waals surface area contributed by atoms with Crippen LogP contribution >= 0.6 is 0 Å². The third-order valence-electron chi connectivity index (χ3n) is 7.19. The highest BCUT2D eigenvalue weighted by Gasteiger charge is 2.56. The predicted molar refractivity (Wildman–Crippen MR) is 128 cm³/mol. The molecule has 0 spiro atoms. The maximum Gasteiger partial charge on any atom is 0.247 e. The molecule has 1 saturated heterocycles. The maximum atomic E-state index is 13.7. The number of hydrogen-bond acceptors (Lipinski definition) is 4. The number of anilines is 1. The average molecular weight is 456 g/mol. The van der Waals surface area contributed by atoms with Crippen LogP contribution in [0.3, 0.4) is 0 Å². The number of nitrogens with zero attached hydrogens (tertiary/aromatic N) is 1. The number of carbonyl (C=O) groups excluding carboxylic acids is 3. The SMILES string of the molecule is CC[C@@H]1C=C[C@H]2[C@H](C(=O)N(CCCCCO)[C@@H]2C(=O)Nc2c(C)cccc2C)[C@@H]1C(=O)NC. The molecule has 1 aliphatic heterocycles. The van der Waals surface area contributed by atoms with Crippen molar-refractivity contribution in [2.75, 3.05) is 25.5 Å². The molecule has 1 aromatic rings. The molecule has 0 unspecified atom stereocenters. The Balaban J connectivity index is 1.96. The van der Waals surface area contributed by atoms with Crippen LogP contribution in [0.25, 0.3) is 0 Å². The topological polar surface area (TPSA) is 98.7 Å². The second-order valence-corrected chi connectivity index (χ2v) is 9.22. The van der Waals surface area contributed by atoms with Crippen molar-refractivity contribution in [3.63, 3.8) is 0 Å². The zero-order valence-electron chi connectivity index (χ0n) is 20.1. The van der Waals surface area contributed by atoms with Crippen LogP contribution in [0.4, 0.5) is 5.69 Å². The van der Waals surface area contributed by atoms with E-state index in [0.717, 1.165) is 29.7 Å². The Morgan fingerprint density at radius 1 is 1.06 bits per heavy atom. The third-order valence-corrected chi connectivity index (χ3v) is 7.19. The van der Waals surface area contributed by atoms with Crippen LogP contribution in [0.2, 0.25) is 0 Å². The highest BCUT2D eigenvalue weighted by Crippen LogP contribution is 2.45. The van der Waals surface area contributed by atoms with Gasteiger partial charge in [0.25, 0.3) is 0 Å². The Kier molecular flexibility index (Phi) is 8.30. The Labute approximate surface area is 196 Å². The molecule has 3 N–H and O–H groups in total. The minimum absolute atomic E-state index is 0.0354. The lowest BCUT2D eigenvalue weighted by Gasteiger charge is -2.33. The van der Waals surface area contributed by atoms with Gasteiger partial charge in [-0.15, -0.1) is 0 Å². The van der Waals surface area contributed by atoms with Gasteiger partial charge >= 0.3 is 0 Å². The smallest absolute Gasteiger partial charge is 0.247 e. The number of hydrogen-bond donors (Lipinski definition) is 3. The number of unbranched alkanes of at least 4 members (excludes halogenated alkanes) is 2. The van der Waals surface area contributed by atoms with Crippen molar-refractivity contribution in [1.29, 1.82) is 0 Å². The lowest BCUT2D eigenvalue weighted by Crippen LogP contribution is -2.45. The summed E-state index contributed by atoms with van der Waals surface area (Å²) in [6.45, 7) is 6.46. The minimum atomic E-state index is -0.670. The van der Waals surface area contributed by atoms with Gasteiger partial charge in [-0.2, -0.15) is 0 Å². The monoisotopic (exact) mass is 455 g/mol. The Morgan fingerprint density at radius 2 is 1.76 bits per heavy atom. The predicted octanol–water partition coefficient (Wildman–Crippen LogP) is 2.81. The first kappa shape index (κ1) is 25.0. The summed E-state index contributed by atoms with van der Waals surface area (Å²) < 4.78 is 0. The molecule has 5 atom stereocenters. The Hall–Kier alpha value is -2.67. The molecule has 1 aliphatic carbocycles. The van der Waals surface area contributed by atoms with Gasteiger partial charge in [0.05, 0.1) is 11.8 Å². The summed E-state index contributed by atoms with van der Waals surface area (Å²) in [7, 11) is 1.60.